The molecule has 1 aromatic rings. The Labute approximate surface area is 99.8 Å². The van der Waals surface area contributed by atoms with Crippen molar-refractivity contribution in [3.63, 3.8) is 0 Å². The van der Waals surface area contributed by atoms with Gasteiger partial charge in [0.1, 0.15) is 11.6 Å². The Kier molecular flexibility index (Phi) is 3.45. The zero-order chi connectivity index (χ0) is 13.2. The van der Waals surface area contributed by atoms with Crippen LogP contribution in [0.15, 0.2) is 17.0 Å². The van der Waals surface area contributed by atoms with Gasteiger partial charge in [-0.25, -0.2) is 8.42 Å². The van der Waals surface area contributed by atoms with Crippen molar-refractivity contribution in [1.29, 1.82) is 5.26 Å². The van der Waals surface area contributed by atoms with Gasteiger partial charge >= 0.3 is 0 Å². The fourth-order valence-electron chi connectivity index (χ4n) is 1.12. The average Bonchev–Trinajstić information content (AvgIpc) is 2.25. The fraction of sp³-hybridized carbons (Fsp3) is 0. The molecule has 0 aliphatic rings. The largest absolute Gasteiger partial charge is 0.298 e. The number of halogens is 1. The van der Waals surface area contributed by atoms with Crippen molar-refractivity contribution in [1.82, 2.24) is 0 Å². The molecule has 0 fully saturated rings. The lowest BCUT2D eigenvalue weighted by molar-refractivity contribution is -0.385. The minimum Gasteiger partial charge on any atom is -0.298 e. The highest BCUT2D eigenvalue weighted by Gasteiger charge is 2.23. The van der Waals surface area contributed by atoms with E-state index in [1.54, 1.807) is 0 Å². The second kappa shape index (κ2) is 4.48. The van der Waals surface area contributed by atoms with Crippen molar-refractivity contribution in [3.05, 3.63) is 33.4 Å². The molecule has 0 aliphatic heterocycles. The topological polar surface area (TPSA) is 118 Å². The summed E-state index contributed by atoms with van der Waals surface area (Å²) >= 11 is 0. The number of carbonyl (C=O) groups is 1. The SMILES string of the molecule is N#Cc1cc(S(=O)(=O)Cl)cc([N+](=O)[O-])c1C=O. The van der Waals surface area contributed by atoms with E-state index < -0.39 is 35.7 Å². The first-order valence-electron chi connectivity index (χ1n) is 3.93. The van der Waals surface area contributed by atoms with E-state index in [1.807, 2.05) is 0 Å². The Morgan fingerprint density at radius 2 is 2.06 bits per heavy atom. The number of rotatable bonds is 3. The quantitative estimate of drug-likeness (QED) is 0.354. The van der Waals surface area contributed by atoms with Crippen molar-refractivity contribution < 1.29 is 18.1 Å². The minimum absolute atomic E-state index is 0.112. The molecule has 0 heterocycles. The van der Waals surface area contributed by atoms with Crippen LogP contribution in [-0.4, -0.2) is 19.6 Å². The molecule has 0 saturated carbocycles. The van der Waals surface area contributed by atoms with E-state index in [2.05, 4.69) is 0 Å². The molecule has 1 rings (SSSR count). The number of aldehydes is 1. The zero-order valence-corrected chi connectivity index (χ0v) is 9.53. The lowest BCUT2D eigenvalue weighted by atomic mass is 10.1. The molecule has 0 aromatic heterocycles. The molecular weight excluding hydrogens is 272 g/mol. The third-order valence-corrected chi connectivity index (χ3v) is 3.18. The van der Waals surface area contributed by atoms with Gasteiger partial charge in [0.25, 0.3) is 14.7 Å². The van der Waals surface area contributed by atoms with Gasteiger partial charge in [0.2, 0.25) is 0 Å². The van der Waals surface area contributed by atoms with Crippen LogP contribution >= 0.6 is 10.7 Å². The molecule has 9 heteroatoms. The lowest BCUT2D eigenvalue weighted by Crippen LogP contribution is -2.01. The molecule has 1 aromatic carbocycles. The second-order valence-electron chi connectivity index (χ2n) is 2.83. The van der Waals surface area contributed by atoms with E-state index in [1.165, 1.54) is 6.07 Å². The van der Waals surface area contributed by atoms with E-state index in [4.69, 9.17) is 15.9 Å². The van der Waals surface area contributed by atoms with Crippen molar-refractivity contribution >= 4 is 31.7 Å². The monoisotopic (exact) mass is 274 g/mol. The minimum atomic E-state index is -4.22. The molecule has 17 heavy (non-hydrogen) atoms. The normalized spacial score (nSPS) is 10.6. The number of carbonyl (C=O) groups excluding carboxylic acids is 1. The maximum atomic E-state index is 11.0. The molecule has 88 valence electrons. The van der Waals surface area contributed by atoms with Crippen LogP contribution in [0.4, 0.5) is 5.69 Å². The summed E-state index contributed by atoms with van der Waals surface area (Å²) in [6.45, 7) is 0. The summed E-state index contributed by atoms with van der Waals surface area (Å²) in [6, 6.07) is 2.93. The van der Waals surface area contributed by atoms with Crippen LogP contribution in [0.5, 0.6) is 0 Å². The van der Waals surface area contributed by atoms with Crippen molar-refractivity contribution in [3.8, 4) is 6.07 Å². The van der Waals surface area contributed by atoms with Gasteiger partial charge < -0.3 is 0 Å². The summed E-state index contributed by atoms with van der Waals surface area (Å²) < 4.78 is 22.0. The number of nitrogens with zero attached hydrogens (tertiary/aromatic N) is 2. The second-order valence-corrected chi connectivity index (χ2v) is 5.39. The smallest absolute Gasteiger partial charge is 0.282 e. The summed E-state index contributed by atoms with van der Waals surface area (Å²) in [5.41, 5.74) is -1.69. The van der Waals surface area contributed by atoms with E-state index in [9.17, 15) is 23.3 Å². The first-order valence-corrected chi connectivity index (χ1v) is 6.24. The third kappa shape index (κ3) is 2.58. The summed E-state index contributed by atoms with van der Waals surface area (Å²) in [5.74, 6) is 0. The highest BCUT2D eigenvalue weighted by molar-refractivity contribution is 8.13. The number of nitriles is 1. The van der Waals surface area contributed by atoms with Crippen LogP contribution in [0.3, 0.4) is 0 Å². The van der Waals surface area contributed by atoms with Crippen LogP contribution in [-0.2, 0) is 9.05 Å². The summed E-state index contributed by atoms with van der Waals surface area (Å²) in [5, 5.41) is 19.3. The number of hydrogen-bond acceptors (Lipinski definition) is 6. The predicted molar refractivity (Wildman–Crippen MR) is 56.2 cm³/mol. The van der Waals surface area contributed by atoms with E-state index in [0.717, 1.165) is 6.07 Å². The number of nitro benzene ring substituents is 1. The maximum absolute atomic E-state index is 11.0. The predicted octanol–water partition coefficient (Wildman–Crippen LogP) is 1.21. The molecule has 0 unspecified atom stereocenters. The first kappa shape index (κ1) is 13.1. The van der Waals surface area contributed by atoms with Gasteiger partial charge in [0, 0.05) is 16.7 Å². The molecule has 7 nitrogen and oxygen atoms in total. The Morgan fingerprint density at radius 3 is 2.41 bits per heavy atom. The summed E-state index contributed by atoms with van der Waals surface area (Å²) in [7, 11) is 0.796. The Balaban J connectivity index is 3.77. The van der Waals surface area contributed by atoms with E-state index >= 15 is 0 Å². The Morgan fingerprint density at radius 1 is 1.47 bits per heavy atom. The number of benzene rings is 1. The van der Waals surface area contributed by atoms with Crippen molar-refractivity contribution in [2.75, 3.05) is 0 Å². The van der Waals surface area contributed by atoms with Crippen LogP contribution in [0.2, 0.25) is 0 Å². The van der Waals surface area contributed by atoms with Crippen molar-refractivity contribution in [2.24, 2.45) is 0 Å². The van der Waals surface area contributed by atoms with Gasteiger partial charge in [-0.15, -0.1) is 0 Å². The maximum Gasteiger partial charge on any atom is 0.282 e. The van der Waals surface area contributed by atoms with Crippen LogP contribution < -0.4 is 0 Å². The van der Waals surface area contributed by atoms with Gasteiger partial charge in [0.05, 0.1) is 15.4 Å². The van der Waals surface area contributed by atoms with Gasteiger partial charge in [-0.3, -0.25) is 14.9 Å². The molecule has 0 saturated heterocycles. The van der Waals surface area contributed by atoms with Crippen LogP contribution in [0, 0.1) is 21.4 Å². The lowest BCUT2D eigenvalue weighted by Gasteiger charge is -2.01. The highest BCUT2D eigenvalue weighted by atomic mass is 35.7. The van der Waals surface area contributed by atoms with Crippen molar-refractivity contribution in [2.45, 2.75) is 4.90 Å². The molecule has 0 atom stereocenters. The fourth-order valence-corrected chi connectivity index (χ4v) is 1.90. The standard InChI is InChI=1S/C8H3ClN2O5S/c9-17(15,16)6-1-5(3-10)7(4-12)8(2-6)11(13)14/h1-2,4H. The molecule has 0 bridgehead atoms. The van der Waals surface area contributed by atoms with Crippen LogP contribution in [0.1, 0.15) is 15.9 Å². The summed E-state index contributed by atoms with van der Waals surface area (Å²) in [6.07, 6.45) is 0.112. The molecule has 0 radical (unpaired) electrons. The molecule has 0 N–H and O–H groups in total. The van der Waals surface area contributed by atoms with Gasteiger partial charge in [-0.05, 0) is 6.07 Å². The first-order chi connectivity index (χ1) is 7.81. The zero-order valence-electron chi connectivity index (χ0n) is 7.95. The molecule has 0 spiro atoms. The van der Waals surface area contributed by atoms with Crippen LogP contribution in [0.25, 0.3) is 0 Å². The third-order valence-electron chi connectivity index (χ3n) is 1.85. The van der Waals surface area contributed by atoms with Gasteiger partial charge in [0.15, 0.2) is 6.29 Å². The molecule has 0 aliphatic carbocycles. The molecule has 0 amide bonds. The number of hydrogen-bond donors (Lipinski definition) is 0. The average molecular weight is 275 g/mol. The van der Waals surface area contributed by atoms with E-state index in [0.29, 0.717) is 6.07 Å². The Bertz CT molecular complexity index is 647. The summed E-state index contributed by atoms with van der Waals surface area (Å²) in [4.78, 5) is 19.7. The molecular formula is C8H3ClN2O5S. The highest BCUT2D eigenvalue weighted by Crippen LogP contribution is 2.27. The number of nitro groups is 1. The van der Waals surface area contributed by atoms with Gasteiger partial charge in [-0.2, -0.15) is 5.26 Å². The van der Waals surface area contributed by atoms with Gasteiger partial charge in [-0.1, -0.05) is 0 Å². The Hall–Kier alpha value is -1.98. The van der Waals surface area contributed by atoms with E-state index in [-0.39, 0.29) is 6.29 Å².